The fourth-order valence-electron chi connectivity index (χ4n) is 1.27. The van der Waals surface area contributed by atoms with Crippen LogP contribution in [0.25, 0.3) is 0 Å². The van der Waals surface area contributed by atoms with Gasteiger partial charge in [0.2, 0.25) is 0 Å². The summed E-state index contributed by atoms with van der Waals surface area (Å²) in [6.07, 6.45) is 2.74. The van der Waals surface area contributed by atoms with Gasteiger partial charge >= 0.3 is 0 Å². The lowest BCUT2D eigenvalue weighted by Crippen LogP contribution is -2.33. The summed E-state index contributed by atoms with van der Waals surface area (Å²) in [4.78, 5) is 0. The first-order valence-corrected chi connectivity index (χ1v) is 5.71. The van der Waals surface area contributed by atoms with E-state index in [0.717, 1.165) is 38.9 Å². The van der Waals surface area contributed by atoms with Gasteiger partial charge in [-0.3, -0.25) is 0 Å². The number of ether oxygens (including phenoxy) is 2. The number of hydrogen-bond acceptors (Lipinski definition) is 3. The smallest absolute Gasteiger partial charge is 0.0616 e. The van der Waals surface area contributed by atoms with Crippen LogP contribution in [0.3, 0.4) is 0 Å². The summed E-state index contributed by atoms with van der Waals surface area (Å²) in [6, 6.07) is 0.430. The van der Waals surface area contributed by atoms with Crippen LogP contribution >= 0.6 is 0 Å². The molecule has 1 rings (SSSR count). The summed E-state index contributed by atoms with van der Waals surface area (Å²) < 4.78 is 10.8. The van der Waals surface area contributed by atoms with Crippen molar-refractivity contribution < 1.29 is 9.47 Å². The first kappa shape index (κ1) is 12.0. The molecule has 0 radical (unpaired) electrons. The van der Waals surface area contributed by atoms with E-state index in [1.165, 1.54) is 12.8 Å². The summed E-state index contributed by atoms with van der Waals surface area (Å²) in [5.41, 5.74) is 0. The van der Waals surface area contributed by atoms with Gasteiger partial charge in [-0.2, -0.15) is 0 Å². The minimum atomic E-state index is 0.430. The van der Waals surface area contributed by atoms with E-state index in [9.17, 15) is 0 Å². The summed E-state index contributed by atoms with van der Waals surface area (Å²) >= 11 is 0. The Balaban J connectivity index is 1.77. The molecule has 0 aliphatic heterocycles. The maximum atomic E-state index is 5.51. The highest BCUT2D eigenvalue weighted by molar-refractivity contribution is 4.72. The molecule has 1 aliphatic rings. The Labute approximate surface area is 87.2 Å². The van der Waals surface area contributed by atoms with Gasteiger partial charge in [-0.25, -0.2) is 0 Å². The molecule has 1 N–H and O–H groups in total. The third kappa shape index (κ3) is 6.35. The Morgan fingerprint density at radius 1 is 1.36 bits per heavy atom. The maximum absolute atomic E-state index is 5.51. The van der Waals surface area contributed by atoms with Crippen LogP contribution in [0.15, 0.2) is 0 Å². The lowest BCUT2D eigenvalue weighted by atomic mass is 10.3. The lowest BCUT2D eigenvalue weighted by molar-refractivity contribution is 0.107. The van der Waals surface area contributed by atoms with Crippen LogP contribution in [-0.4, -0.2) is 39.0 Å². The van der Waals surface area contributed by atoms with E-state index in [2.05, 4.69) is 12.2 Å². The van der Waals surface area contributed by atoms with E-state index in [1.807, 2.05) is 6.92 Å². The molecule has 84 valence electrons. The Kier molecular flexibility index (Phi) is 6.15. The van der Waals surface area contributed by atoms with Crippen LogP contribution < -0.4 is 5.32 Å². The van der Waals surface area contributed by atoms with Crippen molar-refractivity contribution in [2.24, 2.45) is 5.92 Å². The third-order valence-electron chi connectivity index (χ3n) is 2.36. The molecular formula is C11H23NO2. The molecule has 0 aromatic carbocycles. The largest absolute Gasteiger partial charge is 0.380 e. The van der Waals surface area contributed by atoms with Crippen molar-refractivity contribution in [3.63, 3.8) is 0 Å². The molecule has 0 heterocycles. The molecule has 1 atom stereocenters. The molecule has 0 bridgehead atoms. The number of nitrogens with one attached hydrogen (secondary N) is 1. The van der Waals surface area contributed by atoms with Gasteiger partial charge in [-0.05, 0) is 32.6 Å². The van der Waals surface area contributed by atoms with Crippen molar-refractivity contribution in [3.8, 4) is 0 Å². The second-order valence-corrected chi connectivity index (χ2v) is 4.03. The monoisotopic (exact) mass is 201 g/mol. The van der Waals surface area contributed by atoms with Crippen LogP contribution in [0.1, 0.15) is 26.7 Å². The van der Waals surface area contributed by atoms with Crippen molar-refractivity contribution >= 4 is 0 Å². The topological polar surface area (TPSA) is 30.5 Å². The van der Waals surface area contributed by atoms with Gasteiger partial charge in [0.15, 0.2) is 0 Å². The highest BCUT2D eigenvalue weighted by Crippen LogP contribution is 2.28. The van der Waals surface area contributed by atoms with Gasteiger partial charge in [0.1, 0.15) is 0 Å². The Hall–Kier alpha value is -0.120. The van der Waals surface area contributed by atoms with Gasteiger partial charge in [0.25, 0.3) is 0 Å². The van der Waals surface area contributed by atoms with Gasteiger partial charge < -0.3 is 14.8 Å². The zero-order valence-electron chi connectivity index (χ0n) is 9.42. The molecule has 1 saturated carbocycles. The molecule has 0 saturated heterocycles. The van der Waals surface area contributed by atoms with Crippen molar-refractivity contribution in [2.45, 2.75) is 32.7 Å². The normalized spacial score (nSPS) is 18.4. The van der Waals surface area contributed by atoms with E-state index < -0.39 is 0 Å². The molecule has 3 nitrogen and oxygen atoms in total. The molecule has 0 amide bonds. The van der Waals surface area contributed by atoms with E-state index in [-0.39, 0.29) is 0 Å². The Morgan fingerprint density at radius 2 is 2.14 bits per heavy atom. The van der Waals surface area contributed by atoms with Crippen LogP contribution in [0.5, 0.6) is 0 Å². The molecule has 1 unspecified atom stereocenters. The molecule has 1 fully saturated rings. The first-order chi connectivity index (χ1) is 6.83. The predicted molar refractivity (Wildman–Crippen MR) is 57.5 cm³/mol. The number of hydrogen-bond donors (Lipinski definition) is 1. The maximum Gasteiger partial charge on any atom is 0.0616 e. The standard InChI is InChI=1S/C11H23NO2/c1-3-13-8-10(2)12-6-7-14-9-11-4-5-11/h10-12H,3-9H2,1-2H3. The van der Waals surface area contributed by atoms with E-state index in [4.69, 9.17) is 9.47 Å². The third-order valence-corrected chi connectivity index (χ3v) is 2.36. The Bertz CT molecular complexity index is 137. The summed E-state index contributed by atoms with van der Waals surface area (Å²) in [6.45, 7) is 8.46. The van der Waals surface area contributed by atoms with Gasteiger partial charge in [-0.15, -0.1) is 0 Å². The molecule has 0 aromatic heterocycles. The molecule has 14 heavy (non-hydrogen) atoms. The molecule has 0 aromatic rings. The van der Waals surface area contributed by atoms with E-state index in [0.29, 0.717) is 6.04 Å². The molecule has 3 heteroatoms. The zero-order chi connectivity index (χ0) is 10.2. The van der Waals surface area contributed by atoms with Crippen LogP contribution in [0.4, 0.5) is 0 Å². The zero-order valence-corrected chi connectivity index (χ0v) is 9.42. The van der Waals surface area contributed by atoms with Crippen LogP contribution in [0, 0.1) is 5.92 Å². The van der Waals surface area contributed by atoms with E-state index >= 15 is 0 Å². The molecule has 1 aliphatic carbocycles. The van der Waals surface area contributed by atoms with Crippen molar-refractivity contribution in [2.75, 3.05) is 33.0 Å². The number of rotatable bonds is 9. The minimum absolute atomic E-state index is 0.430. The average molecular weight is 201 g/mol. The van der Waals surface area contributed by atoms with Gasteiger partial charge in [0, 0.05) is 25.8 Å². The van der Waals surface area contributed by atoms with Crippen molar-refractivity contribution in [1.82, 2.24) is 5.32 Å². The van der Waals surface area contributed by atoms with Crippen LogP contribution in [0.2, 0.25) is 0 Å². The van der Waals surface area contributed by atoms with E-state index in [1.54, 1.807) is 0 Å². The summed E-state index contributed by atoms with van der Waals surface area (Å²) in [5, 5.41) is 3.36. The molecular weight excluding hydrogens is 178 g/mol. The SMILES string of the molecule is CCOCC(C)NCCOCC1CC1. The summed E-state index contributed by atoms with van der Waals surface area (Å²) in [7, 11) is 0. The quantitative estimate of drug-likeness (QED) is 0.572. The highest BCUT2D eigenvalue weighted by Gasteiger charge is 2.20. The average Bonchev–Trinajstić information content (AvgIpc) is 2.98. The van der Waals surface area contributed by atoms with Crippen LogP contribution in [-0.2, 0) is 9.47 Å². The summed E-state index contributed by atoms with van der Waals surface area (Å²) in [5.74, 6) is 0.871. The first-order valence-electron chi connectivity index (χ1n) is 5.71. The highest BCUT2D eigenvalue weighted by atomic mass is 16.5. The van der Waals surface area contributed by atoms with Crippen molar-refractivity contribution in [3.05, 3.63) is 0 Å². The lowest BCUT2D eigenvalue weighted by Gasteiger charge is -2.13. The second kappa shape index (κ2) is 7.21. The molecule has 0 spiro atoms. The van der Waals surface area contributed by atoms with Crippen molar-refractivity contribution in [1.29, 1.82) is 0 Å². The fourth-order valence-corrected chi connectivity index (χ4v) is 1.27. The van der Waals surface area contributed by atoms with Gasteiger partial charge in [0.05, 0.1) is 13.2 Å². The fraction of sp³-hybridized carbons (Fsp3) is 1.00. The van der Waals surface area contributed by atoms with Gasteiger partial charge in [-0.1, -0.05) is 0 Å². The predicted octanol–water partition coefficient (Wildman–Crippen LogP) is 1.43. The Morgan fingerprint density at radius 3 is 2.79 bits per heavy atom. The minimum Gasteiger partial charge on any atom is -0.380 e. The second-order valence-electron chi connectivity index (χ2n) is 4.03.